The van der Waals surface area contributed by atoms with Gasteiger partial charge in [-0.25, -0.2) is 14.6 Å². The molecule has 37 heavy (non-hydrogen) atoms. The van der Waals surface area contributed by atoms with E-state index < -0.39 is 0 Å². The molecule has 4 heterocycles. The van der Waals surface area contributed by atoms with Crippen molar-refractivity contribution in [2.45, 2.75) is 25.3 Å². The first-order chi connectivity index (χ1) is 18.0. The SMILES string of the molecule is CN(C)c1ccc(C(=O)Nc2ccc(-c3nn([C@@H]4CCCNC4)c4ncnc(N)c34)c3c2CCO3)cc1. The van der Waals surface area contributed by atoms with Crippen LogP contribution in [0.5, 0.6) is 5.75 Å². The zero-order chi connectivity index (χ0) is 25.5. The molecule has 10 nitrogen and oxygen atoms in total. The van der Waals surface area contributed by atoms with Crippen molar-refractivity contribution < 1.29 is 9.53 Å². The number of fused-ring (bicyclic) bond motifs is 2. The Hall–Kier alpha value is -4.18. The molecule has 10 heteroatoms. The summed E-state index contributed by atoms with van der Waals surface area (Å²) < 4.78 is 8.07. The third-order valence-corrected chi connectivity index (χ3v) is 7.14. The zero-order valence-electron chi connectivity index (χ0n) is 21.0. The summed E-state index contributed by atoms with van der Waals surface area (Å²) in [6.45, 7) is 2.37. The Morgan fingerprint density at radius 3 is 2.78 bits per heavy atom. The number of hydrogen-bond acceptors (Lipinski definition) is 8. The topological polar surface area (TPSA) is 123 Å². The number of hydrogen-bond donors (Lipinski definition) is 3. The molecule has 2 aliphatic rings. The summed E-state index contributed by atoms with van der Waals surface area (Å²) in [6, 6.07) is 11.6. The molecule has 1 saturated heterocycles. The van der Waals surface area contributed by atoms with Crippen molar-refractivity contribution in [3.8, 4) is 17.0 Å². The highest BCUT2D eigenvalue weighted by Crippen LogP contribution is 2.44. The van der Waals surface area contributed by atoms with Crippen LogP contribution < -0.4 is 26.0 Å². The van der Waals surface area contributed by atoms with E-state index in [0.29, 0.717) is 30.1 Å². The monoisotopic (exact) mass is 498 g/mol. The number of ether oxygens (including phenoxy) is 1. The summed E-state index contributed by atoms with van der Waals surface area (Å²) >= 11 is 0. The molecule has 190 valence electrons. The van der Waals surface area contributed by atoms with Crippen molar-refractivity contribution in [1.29, 1.82) is 0 Å². The van der Waals surface area contributed by atoms with Crippen LogP contribution in [0.3, 0.4) is 0 Å². The Morgan fingerprint density at radius 2 is 2.03 bits per heavy atom. The second-order valence-electron chi connectivity index (χ2n) is 9.71. The lowest BCUT2D eigenvalue weighted by Gasteiger charge is -2.23. The minimum absolute atomic E-state index is 0.163. The third kappa shape index (κ3) is 4.13. The molecule has 0 saturated carbocycles. The van der Waals surface area contributed by atoms with Gasteiger partial charge in [-0.3, -0.25) is 4.79 Å². The maximum absolute atomic E-state index is 13.0. The van der Waals surface area contributed by atoms with Gasteiger partial charge >= 0.3 is 0 Å². The van der Waals surface area contributed by atoms with Crippen molar-refractivity contribution in [2.24, 2.45) is 0 Å². The number of nitrogens with one attached hydrogen (secondary N) is 2. The van der Waals surface area contributed by atoms with Crippen molar-refractivity contribution in [3.63, 3.8) is 0 Å². The van der Waals surface area contributed by atoms with E-state index in [0.717, 1.165) is 65.2 Å². The number of piperidine rings is 1. The molecule has 4 aromatic rings. The maximum atomic E-state index is 13.0. The minimum atomic E-state index is -0.163. The Morgan fingerprint density at radius 1 is 1.19 bits per heavy atom. The number of benzene rings is 2. The molecule has 2 aromatic heterocycles. The fraction of sp³-hybridized carbons (Fsp3) is 0.333. The first-order valence-electron chi connectivity index (χ1n) is 12.6. The molecule has 0 bridgehead atoms. The fourth-order valence-electron chi connectivity index (χ4n) is 5.19. The van der Waals surface area contributed by atoms with E-state index in [2.05, 4.69) is 20.6 Å². The van der Waals surface area contributed by atoms with Crippen LogP contribution in [0.1, 0.15) is 34.8 Å². The number of nitrogens with zero attached hydrogens (tertiary/aromatic N) is 5. The standard InChI is InChI=1S/C27H30N8O2/c1-34(2)17-7-5-16(6-8-17)27(36)32-21-10-9-20(24-19(21)11-13-37-24)23-22-25(28)30-15-31-26(22)35(33-23)18-4-3-12-29-14-18/h5-10,15,18,29H,3-4,11-14H2,1-2H3,(H,32,36)(H2,28,30,31)/t18-/m1/s1. The Kier molecular flexibility index (Phi) is 5.88. The Bertz CT molecular complexity index is 1470. The fourth-order valence-corrected chi connectivity index (χ4v) is 5.19. The third-order valence-electron chi connectivity index (χ3n) is 7.14. The van der Waals surface area contributed by atoms with Crippen LogP contribution in [-0.4, -0.2) is 59.4 Å². The van der Waals surface area contributed by atoms with Crippen LogP contribution in [-0.2, 0) is 6.42 Å². The quantitative estimate of drug-likeness (QED) is 0.383. The van der Waals surface area contributed by atoms with Gasteiger partial charge in [0.05, 0.1) is 18.0 Å². The lowest BCUT2D eigenvalue weighted by atomic mass is 10.0. The number of amides is 1. The molecule has 1 fully saturated rings. The van der Waals surface area contributed by atoms with Gasteiger partial charge in [0.25, 0.3) is 5.91 Å². The average molecular weight is 499 g/mol. The lowest BCUT2D eigenvalue weighted by molar-refractivity contribution is 0.102. The molecule has 2 aromatic carbocycles. The van der Waals surface area contributed by atoms with Crippen LogP contribution in [0.15, 0.2) is 42.7 Å². The number of rotatable bonds is 5. The van der Waals surface area contributed by atoms with Gasteiger partial charge in [0, 0.05) is 55.1 Å². The van der Waals surface area contributed by atoms with Crippen molar-refractivity contribution in [1.82, 2.24) is 25.1 Å². The number of aromatic nitrogens is 4. The smallest absolute Gasteiger partial charge is 0.255 e. The molecular weight excluding hydrogens is 468 g/mol. The van der Waals surface area contributed by atoms with Gasteiger partial charge in [0.15, 0.2) is 5.65 Å². The van der Waals surface area contributed by atoms with E-state index in [-0.39, 0.29) is 11.9 Å². The van der Waals surface area contributed by atoms with Gasteiger partial charge in [-0.1, -0.05) is 0 Å². The van der Waals surface area contributed by atoms with Crippen molar-refractivity contribution in [2.75, 3.05) is 49.7 Å². The number of nitrogens with two attached hydrogens (primary N) is 1. The summed E-state index contributed by atoms with van der Waals surface area (Å²) in [7, 11) is 3.94. The van der Waals surface area contributed by atoms with Crippen molar-refractivity contribution >= 4 is 34.1 Å². The Labute approximate surface area is 214 Å². The molecule has 1 atom stereocenters. The van der Waals surface area contributed by atoms with Crippen LogP contribution in [0.2, 0.25) is 0 Å². The van der Waals surface area contributed by atoms with Gasteiger partial charge in [-0.05, 0) is 55.8 Å². The number of carbonyl (C=O) groups is 1. The molecule has 2 aliphatic heterocycles. The summed E-state index contributed by atoms with van der Waals surface area (Å²) in [6.07, 6.45) is 4.27. The Balaban J connectivity index is 1.38. The van der Waals surface area contributed by atoms with Crippen LogP contribution in [0.25, 0.3) is 22.3 Å². The van der Waals surface area contributed by atoms with Gasteiger partial charge in [-0.2, -0.15) is 5.10 Å². The molecule has 0 unspecified atom stereocenters. The first-order valence-corrected chi connectivity index (χ1v) is 12.6. The molecule has 0 radical (unpaired) electrons. The highest BCUT2D eigenvalue weighted by molar-refractivity contribution is 6.06. The van der Waals surface area contributed by atoms with E-state index >= 15 is 0 Å². The number of carbonyl (C=O) groups excluding carboxylic acids is 1. The summed E-state index contributed by atoms with van der Waals surface area (Å²) in [5.41, 5.74) is 11.9. The average Bonchev–Trinajstić information content (AvgIpc) is 3.56. The summed E-state index contributed by atoms with van der Waals surface area (Å²) in [5, 5.41) is 12.3. The second kappa shape index (κ2) is 9.36. The molecule has 1 amide bonds. The summed E-state index contributed by atoms with van der Waals surface area (Å²) in [4.78, 5) is 23.8. The number of anilines is 3. The van der Waals surface area contributed by atoms with E-state index in [1.807, 2.05) is 60.1 Å². The molecular formula is C27H30N8O2. The van der Waals surface area contributed by atoms with E-state index in [1.54, 1.807) is 0 Å². The van der Waals surface area contributed by atoms with Crippen molar-refractivity contribution in [3.05, 3.63) is 53.9 Å². The highest BCUT2D eigenvalue weighted by atomic mass is 16.5. The first kappa shape index (κ1) is 23.2. The van der Waals surface area contributed by atoms with Crippen LogP contribution in [0.4, 0.5) is 17.2 Å². The van der Waals surface area contributed by atoms with Gasteiger partial charge < -0.3 is 26.0 Å². The van der Waals surface area contributed by atoms with E-state index in [9.17, 15) is 4.79 Å². The molecule has 6 rings (SSSR count). The second-order valence-corrected chi connectivity index (χ2v) is 9.71. The van der Waals surface area contributed by atoms with Gasteiger partial charge in [-0.15, -0.1) is 0 Å². The lowest BCUT2D eigenvalue weighted by Crippen LogP contribution is -2.32. The predicted octanol–water partition coefficient (Wildman–Crippen LogP) is 3.25. The van der Waals surface area contributed by atoms with Gasteiger partial charge in [0.2, 0.25) is 0 Å². The number of nitrogen functional groups attached to an aromatic ring is 1. The molecule has 0 aliphatic carbocycles. The predicted molar refractivity (Wildman–Crippen MR) is 144 cm³/mol. The summed E-state index contributed by atoms with van der Waals surface area (Å²) in [5.74, 6) is 0.946. The minimum Gasteiger partial charge on any atom is -0.492 e. The molecule has 0 spiro atoms. The van der Waals surface area contributed by atoms with Gasteiger partial charge in [0.1, 0.15) is 23.6 Å². The zero-order valence-corrected chi connectivity index (χ0v) is 21.0. The normalized spacial score (nSPS) is 16.9. The van der Waals surface area contributed by atoms with Crippen LogP contribution in [0, 0.1) is 0 Å². The highest BCUT2D eigenvalue weighted by Gasteiger charge is 2.28. The van der Waals surface area contributed by atoms with E-state index in [1.165, 1.54) is 6.33 Å². The maximum Gasteiger partial charge on any atom is 0.255 e. The van der Waals surface area contributed by atoms with E-state index in [4.69, 9.17) is 15.6 Å². The largest absolute Gasteiger partial charge is 0.492 e. The van der Waals surface area contributed by atoms with Crippen LogP contribution >= 0.6 is 0 Å². The molecule has 4 N–H and O–H groups in total.